The molecule has 0 aromatic heterocycles. The number of halogens is 2. The van der Waals surface area contributed by atoms with Crippen molar-refractivity contribution >= 4 is 35.1 Å². The fourth-order valence-corrected chi connectivity index (χ4v) is 4.81. The fraction of sp³-hybridized carbons (Fsp3) is 0.409. The number of hydrogen-bond acceptors (Lipinski definition) is 6. The highest BCUT2D eigenvalue weighted by Gasteiger charge is 2.26. The number of aliphatic imine (C=N–C) groups is 1. The molecule has 3 unspecified atom stereocenters. The van der Waals surface area contributed by atoms with E-state index in [-0.39, 0.29) is 18.4 Å². The van der Waals surface area contributed by atoms with Crippen LogP contribution in [0.15, 0.2) is 29.3 Å². The number of hydrogen-bond donors (Lipinski definition) is 3. The maximum atomic E-state index is 6.57. The average Bonchev–Trinajstić information content (AvgIpc) is 2.76. The zero-order valence-corrected chi connectivity index (χ0v) is 18.6. The van der Waals surface area contributed by atoms with Crippen LogP contribution in [-0.4, -0.2) is 38.8 Å². The van der Waals surface area contributed by atoms with Gasteiger partial charge in [-0.15, -0.1) is 0 Å². The third-order valence-corrected chi connectivity index (χ3v) is 6.51. The second kappa shape index (κ2) is 9.02. The van der Waals surface area contributed by atoms with Gasteiger partial charge in [0.2, 0.25) is 0 Å². The summed E-state index contributed by atoms with van der Waals surface area (Å²) < 4.78 is 10.8. The van der Waals surface area contributed by atoms with Crippen molar-refractivity contribution in [2.24, 2.45) is 10.7 Å². The van der Waals surface area contributed by atoms with Crippen LogP contribution in [0, 0.1) is 0 Å². The minimum atomic E-state index is -0.193. The molecule has 2 aromatic carbocycles. The first-order valence-corrected chi connectivity index (χ1v) is 10.8. The van der Waals surface area contributed by atoms with Crippen molar-refractivity contribution in [3.05, 3.63) is 39.9 Å². The van der Waals surface area contributed by atoms with Gasteiger partial charge in [-0.3, -0.25) is 10.3 Å². The van der Waals surface area contributed by atoms with Crippen molar-refractivity contribution < 1.29 is 9.47 Å². The Morgan fingerprint density at radius 1 is 1.07 bits per heavy atom. The number of fused-ring (bicyclic) bond motifs is 1. The van der Waals surface area contributed by atoms with E-state index < -0.39 is 0 Å². The number of methoxy groups -OCH3 is 2. The van der Waals surface area contributed by atoms with Gasteiger partial charge >= 0.3 is 0 Å². The molecule has 3 atom stereocenters. The molecule has 2 aliphatic rings. The predicted octanol–water partition coefficient (Wildman–Crippen LogP) is 4.67. The number of nitrogens with two attached hydrogens (primary N) is 1. The molecule has 1 aliphatic carbocycles. The van der Waals surface area contributed by atoms with Crippen LogP contribution in [0.25, 0.3) is 11.1 Å². The van der Waals surface area contributed by atoms with Crippen molar-refractivity contribution in [2.75, 3.05) is 19.5 Å². The van der Waals surface area contributed by atoms with E-state index in [1.54, 1.807) is 20.3 Å². The molecule has 2 aromatic rings. The fourth-order valence-electron chi connectivity index (χ4n) is 4.09. The lowest BCUT2D eigenvalue weighted by Gasteiger charge is -2.33. The largest absolute Gasteiger partial charge is 0.495 e. The van der Waals surface area contributed by atoms with Crippen molar-refractivity contribution in [3.8, 4) is 22.6 Å². The van der Waals surface area contributed by atoms with E-state index >= 15 is 0 Å². The Hall–Kier alpha value is -1.99. The molecular weight excluding hydrogens is 423 g/mol. The summed E-state index contributed by atoms with van der Waals surface area (Å²) in [6.07, 6.45) is 6.21. The van der Waals surface area contributed by atoms with E-state index in [9.17, 15) is 0 Å². The summed E-state index contributed by atoms with van der Waals surface area (Å²) in [4.78, 5) is 4.63. The van der Waals surface area contributed by atoms with E-state index in [0.717, 1.165) is 29.7 Å². The number of anilines is 1. The van der Waals surface area contributed by atoms with Gasteiger partial charge in [-0.1, -0.05) is 42.1 Å². The highest BCUT2D eigenvalue weighted by molar-refractivity contribution is 6.41. The summed E-state index contributed by atoms with van der Waals surface area (Å²) in [6.45, 7) is 0. The summed E-state index contributed by atoms with van der Waals surface area (Å²) >= 11 is 13.1. The SMILES string of the molecule is COc1cc(OC)c(Cl)c(-c2ccc3c(c2)C=NC(NC2CCCCC2N)N3)c1Cl. The monoisotopic (exact) mass is 448 g/mol. The number of benzene rings is 2. The van der Waals surface area contributed by atoms with Crippen molar-refractivity contribution in [3.63, 3.8) is 0 Å². The number of ether oxygens (including phenoxy) is 2. The molecule has 1 aliphatic heterocycles. The lowest BCUT2D eigenvalue weighted by atomic mass is 9.91. The number of rotatable bonds is 5. The van der Waals surface area contributed by atoms with Crippen LogP contribution in [-0.2, 0) is 0 Å². The third-order valence-electron chi connectivity index (χ3n) is 5.76. The normalized spacial score (nSPS) is 22.9. The van der Waals surface area contributed by atoms with Crippen LogP contribution in [0.5, 0.6) is 11.5 Å². The molecule has 160 valence electrons. The van der Waals surface area contributed by atoms with Gasteiger partial charge < -0.3 is 20.5 Å². The van der Waals surface area contributed by atoms with Crippen molar-refractivity contribution in [1.82, 2.24) is 5.32 Å². The molecule has 4 rings (SSSR count). The first-order valence-electron chi connectivity index (χ1n) is 10.1. The Morgan fingerprint density at radius 3 is 2.43 bits per heavy atom. The van der Waals surface area contributed by atoms with E-state index in [1.807, 2.05) is 24.4 Å². The zero-order chi connectivity index (χ0) is 21.3. The van der Waals surface area contributed by atoms with Gasteiger partial charge in [0.15, 0.2) is 6.29 Å². The summed E-state index contributed by atoms with van der Waals surface area (Å²) in [5.74, 6) is 1.01. The molecule has 6 nitrogen and oxygen atoms in total. The smallest absolute Gasteiger partial charge is 0.174 e. The van der Waals surface area contributed by atoms with Crippen LogP contribution >= 0.6 is 23.2 Å². The molecule has 1 heterocycles. The molecule has 8 heteroatoms. The predicted molar refractivity (Wildman–Crippen MR) is 123 cm³/mol. The molecule has 4 N–H and O–H groups in total. The minimum absolute atomic E-state index is 0.173. The standard InChI is InChI=1S/C22H26Cl2N4O2/c1-29-17-10-18(30-2)21(24)19(20(17)23)12-7-8-15-13(9-12)11-26-22(27-15)28-16-6-4-3-5-14(16)25/h7-11,14,16,22,27-28H,3-6,25H2,1-2H3. The summed E-state index contributed by atoms with van der Waals surface area (Å²) in [5, 5.41) is 7.85. The highest BCUT2D eigenvalue weighted by atomic mass is 35.5. The number of nitrogens with zero attached hydrogens (tertiary/aromatic N) is 1. The minimum Gasteiger partial charge on any atom is -0.495 e. The zero-order valence-electron chi connectivity index (χ0n) is 17.0. The Kier molecular flexibility index (Phi) is 6.39. The maximum Gasteiger partial charge on any atom is 0.174 e. The van der Waals surface area contributed by atoms with E-state index in [4.69, 9.17) is 38.4 Å². The lowest BCUT2D eigenvalue weighted by molar-refractivity contribution is 0.310. The van der Waals surface area contributed by atoms with Gasteiger partial charge in [0, 0.05) is 41.2 Å². The van der Waals surface area contributed by atoms with E-state index in [2.05, 4.69) is 15.6 Å². The molecule has 0 spiro atoms. The molecule has 0 radical (unpaired) electrons. The highest BCUT2D eigenvalue weighted by Crippen LogP contribution is 2.46. The van der Waals surface area contributed by atoms with Crippen LogP contribution in [0.3, 0.4) is 0 Å². The molecule has 1 fully saturated rings. The van der Waals surface area contributed by atoms with Gasteiger partial charge in [0.05, 0.1) is 24.3 Å². The van der Waals surface area contributed by atoms with Crippen LogP contribution in [0.2, 0.25) is 10.0 Å². The third kappa shape index (κ3) is 4.10. The van der Waals surface area contributed by atoms with Gasteiger partial charge in [-0.2, -0.15) is 0 Å². The van der Waals surface area contributed by atoms with Gasteiger partial charge in [-0.05, 0) is 30.5 Å². The summed E-state index contributed by atoms with van der Waals surface area (Å²) in [6, 6.07) is 8.11. The van der Waals surface area contributed by atoms with E-state index in [0.29, 0.717) is 27.1 Å². The van der Waals surface area contributed by atoms with Crippen LogP contribution in [0.1, 0.15) is 31.2 Å². The first-order chi connectivity index (χ1) is 14.5. The van der Waals surface area contributed by atoms with Crippen molar-refractivity contribution in [2.45, 2.75) is 44.1 Å². The molecule has 30 heavy (non-hydrogen) atoms. The Labute approximate surface area is 186 Å². The van der Waals surface area contributed by atoms with Gasteiger partial charge in [-0.25, -0.2) is 0 Å². The summed E-state index contributed by atoms with van der Waals surface area (Å²) in [5.41, 5.74) is 9.72. The molecule has 0 saturated heterocycles. The maximum absolute atomic E-state index is 6.57. The Morgan fingerprint density at radius 2 is 1.77 bits per heavy atom. The average molecular weight is 449 g/mol. The quantitative estimate of drug-likeness (QED) is 0.619. The van der Waals surface area contributed by atoms with Gasteiger partial charge in [0.25, 0.3) is 0 Å². The van der Waals surface area contributed by atoms with Crippen LogP contribution < -0.4 is 25.8 Å². The van der Waals surface area contributed by atoms with Gasteiger partial charge in [0.1, 0.15) is 11.5 Å². The van der Waals surface area contributed by atoms with Crippen LogP contribution in [0.4, 0.5) is 5.69 Å². The topological polar surface area (TPSA) is 80.9 Å². The lowest BCUT2D eigenvalue weighted by Crippen LogP contribution is -2.52. The molecule has 1 saturated carbocycles. The molecular formula is C22H26Cl2N4O2. The second-order valence-corrected chi connectivity index (χ2v) is 8.39. The Bertz CT molecular complexity index is 938. The van der Waals surface area contributed by atoms with Crippen molar-refractivity contribution in [1.29, 1.82) is 0 Å². The summed E-state index contributed by atoms with van der Waals surface area (Å²) in [7, 11) is 3.13. The molecule has 0 bridgehead atoms. The first kappa shape index (κ1) is 21.2. The number of nitrogens with one attached hydrogen (secondary N) is 2. The molecule has 0 amide bonds. The van der Waals surface area contributed by atoms with E-state index in [1.165, 1.54) is 12.8 Å². The second-order valence-electron chi connectivity index (χ2n) is 7.63. The Balaban J connectivity index is 1.61.